The molecule has 1 amide bonds. The van der Waals surface area contributed by atoms with Crippen molar-refractivity contribution in [1.82, 2.24) is 0 Å². The molecule has 144 valence electrons. The van der Waals surface area contributed by atoms with E-state index in [1.165, 1.54) is 17.7 Å². The Balaban J connectivity index is 2.09. The van der Waals surface area contributed by atoms with Crippen molar-refractivity contribution >= 4 is 23.0 Å². The number of nitro groups is 1. The van der Waals surface area contributed by atoms with Gasteiger partial charge < -0.3 is 15.4 Å². The van der Waals surface area contributed by atoms with E-state index in [-0.39, 0.29) is 17.2 Å². The second kappa shape index (κ2) is 10.3. The van der Waals surface area contributed by atoms with Gasteiger partial charge in [0.25, 0.3) is 11.6 Å². The van der Waals surface area contributed by atoms with Crippen molar-refractivity contribution in [3.8, 4) is 0 Å². The van der Waals surface area contributed by atoms with Crippen LogP contribution in [0.1, 0.15) is 35.7 Å². The summed E-state index contributed by atoms with van der Waals surface area (Å²) in [5, 5.41) is 17.0. The SMILES string of the molecule is CCCCc1ccc(NC(=O)c2ccc(NCCOC)c([N+](=O)[O-])c2)cc1. The molecule has 0 spiro atoms. The number of benzene rings is 2. The molecular formula is C20H25N3O4. The van der Waals surface area contributed by atoms with Gasteiger partial charge in [0.15, 0.2) is 0 Å². The molecule has 0 saturated heterocycles. The predicted molar refractivity (Wildman–Crippen MR) is 106 cm³/mol. The van der Waals surface area contributed by atoms with Crippen LogP contribution in [0.15, 0.2) is 42.5 Å². The quantitative estimate of drug-likeness (QED) is 0.370. The minimum atomic E-state index is -0.506. The highest BCUT2D eigenvalue weighted by molar-refractivity contribution is 6.05. The number of nitrogens with zero attached hydrogens (tertiary/aromatic N) is 1. The molecule has 7 nitrogen and oxygen atoms in total. The number of rotatable bonds is 10. The molecule has 0 aromatic heterocycles. The molecule has 2 rings (SSSR count). The maximum atomic E-state index is 12.4. The number of nitro benzene ring substituents is 1. The Labute approximate surface area is 158 Å². The van der Waals surface area contributed by atoms with Crippen LogP contribution < -0.4 is 10.6 Å². The fraction of sp³-hybridized carbons (Fsp3) is 0.350. The number of unbranched alkanes of at least 4 members (excludes halogenated alkanes) is 1. The zero-order valence-corrected chi connectivity index (χ0v) is 15.7. The van der Waals surface area contributed by atoms with Gasteiger partial charge in [0.1, 0.15) is 5.69 Å². The number of ether oxygens (including phenoxy) is 1. The van der Waals surface area contributed by atoms with Crippen LogP contribution in [0.4, 0.5) is 17.1 Å². The van der Waals surface area contributed by atoms with Crippen LogP contribution in [0.3, 0.4) is 0 Å². The van der Waals surface area contributed by atoms with Crippen LogP contribution in [0.2, 0.25) is 0 Å². The molecule has 7 heteroatoms. The lowest BCUT2D eigenvalue weighted by Gasteiger charge is -2.09. The highest BCUT2D eigenvalue weighted by Crippen LogP contribution is 2.26. The van der Waals surface area contributed by atoms with Crippen LogP contribution in [0.5, 0.6) is 0 Å². The number of carbonyl (C=O) groups excluding carboxylic acids is 1. The third-order valence-corrected chi connectivity index (χ3v) is 4.11. The standard InChI is InChI=1S/C20H25N3O4/c1-3-4-5-15-6-9-17(10-7-15)22-20(24)16-8-11-18(21-12-13-27-2)19(14-16)23(25)26/h6-11,14,21H,3-5,12-13H2,1-2H3,(H,22,24). The summed E-state index contributed by atoms with van der Waals surface area (Å²) in [4.78, 5) is 23.3. The van der Waals surface area contributed by atoms with Crippen molar-refractivity contribution in [1.29, 1.82) is 0 Å². The Kier molecular flexibility index (Phi) is 7.76. The molecule has 0 fully saturated rings. The first-order chi connectivity index (χ1) is 13.0. The Morgan fingerprint density at radius 1 is 1.19 bits per heavy atom. The molecule has 0 aliphatic rings. The second-order valence-electron chi connectivity index (χ2n) is 6.16. The molecule has 0 bridgehead atoms. The predicted octanol–water partition coefficient (Wildman–Crippen LogP) is 4.25. The van der Waals surface area contributed by atoms with E-state index in [2.05, 4.69) is 17.6 Å². The number of hydrogen-bond acceptors (Lipinski definition) is 5. The summed E-state index contributed by atoms with van der Waals surface area (Å²) in [5.41, 5.74) is 2.32. The molecule has 27 heavy (non-hydrogen) atoms. The fourth-order valence-corrected chi connectivity index (χ4v) is 2.60. The number of nitrogens with one attached hydrogen (secondary N) is 2. The van der Waals surface area contributed by atoms with Crippen molar-refractivity contribution in [2.45, 2.75) is 26.2 Å². The van der Waals surface area contributed by atoms with E-state index in [9.17, 15) is 14.9 Å². The summed E-state index contributed by atoms with van der Waals surface area (Å²) in [7, 11) is 1.56. The van der Waals surface area contributed by atoms with E-state index in [1.54, 1.807) is 13.2 Å². The van der Waals surface area contributed by atoms with E-state index >= 15 is 0 Å². The monoisotopic (exact) mass is 371 g/mol. The molecule has 2 aromatic carbocycles. The summed E-state index contributed by atoms with van der Waals surface area (Å²) in [6.45, 7) is 3.01. The normalized spacial score (nSPS) is 10.4. The topological polar surface area (TPSA) is 93.5 Å². The van der Waals surface area contributed by atoms with Crippen LogP contribution in [-0.4, -0.2) is 31.1 Å². The van der Waals surface area contributed by atoms with E-state index in [1.807, 2.05) is 24.3 Å². The van der Waals surface area contributed by atoms with Gasteiger partial charge in [-0.15, -0.1) is 0 Å². The average Bonchev–Trinajstić information content (AvgIpc) is 2.67. The first-order valence-corrected chi connectivity index (χ1v) is 8.96. The van der Waals surface area contributed by atoms with Crippen molar-refractivity contribution in [3.05, 3.63) is 63.7 Å². The Bertz CT molecular complexity index is 775. The van der Waals surface area contributed by atoms with E-state index in [0.717, 1.165) is 19.3 Å². The molecule has 0 aliphatic heterocycles. The van der Waals surface area contributed by atoms with Crippen molar-refractivity contribution in [3.63, 3.8) is 0 Å². The summed E-state index contributed by atoms with van der Waals surface area (Å²) in [6.07, 6.45) is 3.27. The Hall–Kier alpha value is -2.93. The molecule has 0 unspecified atom stereocenters. The minimum Gasteiger partial charge on any atom is -0.383 e. The molecule has 2 N–H and O–H groups in total. The van der Waals surface area contributed by atoms with Crippen molar-refractivity contribution in [2.75, 3.05) is 30.9 Å². The Morgan fingerprint density at radius 3 is 2.56 bits per heavy atom. The number of aryl methyl sites for hydroxylation is 1. The molecular weight excluding hydrogens is 346 g/mol. The van der Waals surface area contributed by atoms with E-state index in [0.29, 0.717) is 24.5 Å². The maximum absolute atomic E-state index is 12.4. The van der Waals surface area contributed by atoms with E-state index in [4.69, 9.17) is 4.74 Å². The van der Waals surface area contributed by atoms with Gasteiger partial charge >= 0.3 is 0 Å². The molecule has 0 atom stereocenters. The lowest BCUT2D eigenvalue weighted by atomic mass is 10.1. The fourth-order valence-electron chi connectivity index (χ4n) is 2.60. The second-order valence-corrected chi connectivity index (χ2v) is 6.16. The molecule has 0 radical (unpaired) electrons. The highest BCUT2D eigenvalue weighted by Gasteiger charge is 2.17. The Morgan fingerprint density at radius 2 is 1.93 bits per heavy atom. The zero-order chi connectivity index (χ0) is 19.6. The first kappa shape index (κ1) is 20.4. The molecule has 2 aromatic rings. The summed E-state index contributed by atoms with van der Waals surface area (Å²) >= 11 is 0. The molecule has 0 heterocycles. The van der Waals surface area contributed by atoms with Gasteiger partial charge in [0.05, 0.1) is 11.5 Å². The van der Waals surface area contributed by atoms with Crippen LogP contribution in [0, 0.1) is 10.1 Å². The molecule has 0 aliphatic carbocycles. The number of hydrogen-bond donors (Lipinski definition) is 2. The lowest BCUT2D eigenvalue weighted by Crippen LogP contribution is -2.13. The maximum Gasteiger partial charge on any atom is 0.293 e. The largest absolute Gasteiger partial charge is 0.383 e. The third kappa shape index (κ3) is 6.07. The van der Waals surface area contributed by atoms with Crippen LogP contribution >= 0.6 is 0 Å². The number of anilines is 2. The third-order valence-electron chi connectivity index (χ3n) is 4.11. The van der Waals surface area contributed by atoms with Crippen molar-refractivity contribution < 1.29 is 14.5 Å². The summed E-state index contributed by atoms with van der Waals surface area (Å²) < 4.78 is 4.93. The number of methoxy groups -OCH3 is 1. The molecule has 0 saturated carbocycles. The summed E-state index contributed by atoms with van der Waals surface area (Å²) in [6, 6.07) is 12.0. The van der Waals surface area contributed by atoms with Gasteiger partial charge in [-0.3, -0.25) is 14.9 Å². The van der Waals surface area contributed by atoms with Crippen LogP contribution in [0.25, 0.3) is 0 Å². The van der Waals surface area contributed by atoms with Gasteiger partial charge in [-0.2, -0.15) is 0 Å². The highest BCUT2D eigenvalue weighted by atomic mass is 16.6. The van der Waals surface area contributed by atoms with E-state index < -0.39 is 4.92 Å². The van der Waals surface area contributed by atoms with Gasteiger partial charge in [-0.25, -0.2) is 0 Å². The smallest absolute Gasteiger partial charge is 0.293 e. The number of amides is 1. The average molecular weight is 371 g/mol. The number of carbonyl (C=O) groups is 1. The van der Waals surface area contributed by atoms with Crippen LogP contribution in [-0.2, 0) is 11.2 Å². The van der Waals surface area contributed by atoms with Gasteiger partial charge in [-0.1, -0.05) is 25.5 Å². The minimum absolute atomic E-state index is 0.145. The van der Waals surface area contributed by atoms with Crippen molar-refractivity contribution in [2.24, 2.45) is 0 Å². The first-order valence-electron chi connectivity index (χ1n) is 8.96. The zero-order valence-electron chi connectivity index (χ0n) is 15.7. The van der Waals surface area contributed by atoms with Gasteiger partial charge in [-0.05, 0) is 42.7 Å². The summed E-state index contributed by atoms with van der Waals surface area (Å²) in [5.74, 6) is -0.386. The van der Waals surface area contributed by atoms with Gasteiger partial charge in [0.2, 0.25) is 0 Å². The van der Waals surface area contributed by atoms with Gasteiger partial charge in [0, 0.05) is 31.0 Å². The lowest BCUT2D eigenvalue weighted by molar-refractivity contribution is -0.384.